The van der Waals surface area contributed by atoms with Gasteiger partial charge in [0.15, 0.2) is 0 Å². The minimum absolute atomic E-state index is 0.576. The summed E-state index contributed by atoms with van der Waals surface area (Å²) in [6, 6.07) is 8.99. The smallest absolute Gasteiger partial charge is 0.118 e. The Morgan fingerprint density at radius 2 is 2.05 bits per heavy atom. The van der Waals surface area contributed by atoms with Crippen LogP contribution in [0.4, 0.5) is 0 Å². The largest absolute Gasteiger partial charge is 0.497 e. The molecule has 112 valence electrons. The molecule has 0 saturated carbocycles. The Kier molecular flexibility index (Phi) is 5.86. The highest BCUT2D eigenvalue weighted by atomic mass is 16.5. The standard InChI is InChI=1S/C17H28N2O/c1-3-15-5-4-11-19(17(15)13-18)12-10-14-6-8-16(20-2)9-7-14/h6-9,15,17H,3-5,10-13,18H2,1-2H3. The van der Waals surface area contributed by atoms with E-state index in [0.29, 0.717) is 6.04 Å². The molecule has 2 unspecified atom stereocenters. The van der Waals surface area contributed by atoms with E-state index in [0.717, 1.165) is 31.2 Å². The number of nitrogens with two attached hydrogens (primary N) is 1. The van der Waals surface area contributed by atoms with Crippen LogP contribution in [-0.2, 0) is 6.42 Å². The lowest BCUT2D eigenvalue weighted by molar-refractivity contribution is 0.0966. The Bertz CT molecular complexity index is 390. The molecule has 1 aromatic carbocycles. The second kappa shape index (κ2) is 7.65. The molecule has 2 rings (SSSR count). The minimum Gasteiger partial charge on any atom is -0.497 e. The van der Waals surface area contributed by atoms with Gasteiger partial charge in [0.25, 0.3) is 0 Å². The van der Waals surface area contributed by atoms with Crippen molar-refractivity contribution in [2.24, 2.45) is 11.7 Å². The first-order chi connectivity index (χ1) is 9.78. The minimum atomic E-state index is 0.576. The van der Waals surface area contributed by atoms with Gasteiger partial charge in [0.1, 0.15) is 5.75 Å². The highest BCUT2D eigenvalue weighted by Gasteiger charge is 2.28. The summed E-state index contributed by atoms with van der Waals surface area (Å²) in [6.07, 6.45) is 5.01. The van der Waals surface area contributed by atoms with Crippen LogP contribution in [0.2, 0.25) is 0 Å². The molecule has 0 bridgehead atoms. The van der Waals surface area contributed by atoms with Gasteiger partial charge in [0.05, 0.1) is 7.11 Å². The maximum atomic E-state index is 6.01. The average molecular weight is 276 g/mol. The van der Waals surface area contributed by atoms with Crippen molar-refractivity contribution >= 4 is 0 Å². The fraction of sp³-hybridized carbons (Fsp3) is 0.647. The molecule has 3 nitrogen and oxygen atoms in total. The van der Waals surface area contributed by atoms with Crippen molar-refractivity contribution in [1.82, 2.24) is 4.90 Å². The van der Waals surface area contributed by atoms with Gasteiger partial charge < -0.3 is 10.5 Å². The van der Waals surface area contributed by atoms with Crippen molar-refractivity contribution < 1.29 is 4.74 Å². The van der Waals surface area contributed by atoms with Crippen LogP contribution in [0, 0.1) is 5.92 Å². The first kappa shape index (κ1) is 15.3. The third-order valence-electron chi connectivity index (χ3n) is 4.65. The van der Waals surface area contributed by atoms with Crippen LogP contribution in [0.25, 0.3) is 0 Å². The number of ether oxygens (including phenoxy) is 1. The zero-order valence-corrected chi connectivity index (χ0v) is 12.8. The van der Waals surface area contributed by atoms with Gasteiger partial charge in [-0.15, -0.1) is 0 Å². The van der Waals surface area contributed by atoms with E-state index in [9.17, 15) is 0 Å². The number of benzene rings is 1. The fourth-order valence-corrected chi connectivity index (χ4v) is 3.37. The van der Waals surface area contributed by atoms with E-state index in [4.69, 9.17) is 10.5 Å². The summed E-state index contributed by atoms with van der Waals surface area (Å²) in [5.74, 6) is 1.71. The van der Waals surface area contributed by atoms with Crippen molar-refractivity contribution in [2.45, 2.75) is 38.6 Å². The number of rotatable bonds is 6. The SMILES string of the molecule is CCC1CCCN(CCc2ccc(OC)cc2)C1CN. The lowest BCUT2D eigenvalue weighted by Crippen LogP contribution is -2.49. The van der Waals surface area contributed by atoms with Crippen LogP contribution in [0.5, 0.6) is 5.75 Å². The predicted octanol–water partition coefficient (Wildman–Crippen LogP) is 2.69. The normalized spacial score (nSPS) is 23.8. The van der Waals surface area contributed by atoms with E-state index in [-0.39, 0.29) is 0 Å². The molecule has 0 amide bonds. The van der Waals surface area contributed by atoms with Crippen molar-refractivity contribution in [3.63, 3.8) is 0 Å². The van der Waals surface area contributed by atoms with Gasteiger partial charge in [-0.1, -0.05) is 25.5 Å². The number of hydrogen-bond acceptors (Lipinski definition) is 3. The molecule has 3 heteroatoms. The molecule has 2 atom stereocenters. The summed E-state index contributed by atoms with van der Waals surface area (Å²) in [5.41, 5.74) is 7.38. The molecule has 20 heavy (non-hydrogen) atoms. The molecular weight excluding hydrogens is 248 g/mol. The molecule has 0 radical (unpaired) electrons. The van der Waals surface area contributed by atoms with Gasteiger partial charge in [0.2, 0.25) is 0 Å². The number of piperidine rings is 1. The third-order valence-corrected chi connectivity index (χ3v) is 4.65. The summed E-state index contributed by atoms with van der Waals surface area (Å²) >= 11 is 0. The van der Waals surface area contributed by atoms with E-state index in [1.165, 1.54) is 31.4 Å². The highest BCUT2D eigenvalue weighted by Crippen LogP contribution is 2.26. The Morgan fingerprint density at radius 3 is 2.65 bits per heavy atom. The van der Waals surface area contributed by atoms with E-state index >= 15 is 0 Å². The van der Waals surface area contributed by atoms with Gasteiger partial charge in [-0.2, -0.15) is 0 Å². The van der Waals surface area contributed by atoms with Crippen LogP contribution in [0.15, 0.2) is 24.3 Å². The van der Waals surface area contributed by atoms with Gasteiger partial charge in [0, 0.05) is 19.1 Å². The number of hydrogen-bond donors (Lipinski definition) is 1. The fourth-order valence-electron chi connectivity index (χ4n) is 3.37. The molecule has 1 aliphatic heterocycles. The first-order valence-electron chi connectivity index (χ1n) is 7.85. The molecule has 1 aliphatic rings. The summed E-state index contributed by atoms with van der Waals surface area (Å²) in [5, 5.41) is 0. The monoisotopic (exact) mass is 276 g/mol. The van der Waals surface area contributed by atoms with E-state index < -0.39 is 0 Å². The summed E-state index contributed by atoms with van der Waals surface area (Å²) < 4.78 is 5.20. The van der Waals surface area contributed by atoms with Crippen molar-refractivity contribution in [3.05, 3.63) is 29.8 Å². The topological polar surface area (TPSA) is 38.5 Å². The zero-order chi connectivity index (χ0) is 14.4. The number of likely N-dealkylation sites (tertiary alicyclic amines) is 1. The van der Waals surface area contributed by atoms with Crippen molar-refractivity contribution in [3.8, 4) is 5.75 Å². The average Bonchev–Trinajstić information content (AvgIpc) is 2.52. The summed E-state index contributed by atoms with van der Waals surface area (Å²) in [6.45, 7) is 5.40. The van der Waals surface area contributed by atoms with Gasteiger partial charge in [-0.25, -0.2) is 0 Å². The highest BCUT2D eigenvalue weighted by molar-refractivity contribution is 5.27. The Morgan fingerprint density at radius 1 is 1.30 bits per heavy atom. The van der Waals surface area contributed by atoms with Crippen LogP contribution in [0.1, 0.15) is 31.7 Å². The second-order valence-electron chi connectivity index (χ2n) is 5.75. The van der Waals surface area contributed by atoms with Gasteiger partial charge >= 0.3 is 0 Å². The van der Waals surface area contributed by atoms with Crippen LogP contribution in [0.3, 0.4) is 0 Å². The van der Waals surface area contributed by atoms with E-state index in [1.54, 1.807) is 7.11 Å². The molecule has 1 aromatic rings. The molecule has 1 heterocycles. The van der Waals surface area contributed by atoms with Gasteiger partial charge in [-0.05, 0) is 49.4 Å². The molecule has 0 spiro atoms. The van der Waals surface area contributed by atoms with E-state index in [2.05, 4.69) is 24.0 Å². The molecule has 2 N–H and O–H groups in total. The maximum Gasteiger partial charge on any atom is 0.118 e. The lowest BCUT2D eigenvalue weighted by Gasteiger charge is -2.40. The Balaban J connectivity index is 1.90. The summed E-state index contributed by atoms with van der Waals surface area (Å²) in [4.78, 5) is 2.60. The lowest BCUT2D eigenvalue weighted by atomic mass is 9.87. The van der Waals surface area contributed by atoms with Gasteiger partial charge in [-0.3, -0.25) is 4.90 Å². The second-order valence-corrected chi connectivity index (χ2v) is 5.75. The van der Waals surface area contributed by atoms with Crippen LogP contribution < -0.4 is 10.5 Å². The first-order valence-corrected chi connectivity index (χ1v) is 7.85. The molecule has 1 fully saturated rings. The predicted molar refractivity (Wildman–Crippen MR) is 84.1 cm³/mol. The molecule has 0 aromatic heterocycles. The maximum absolute atomic E-state index is 6.01. The van der Waals surface area contributed by atoms with Crippen LogP contribution >= 0.6 is 0 Å². The summed E-state index contributed by atoms with van der Waals surface area (Å²) in [7, 11) is 1.71. The number of methoxy groups -OCH3 is 1. The molecular formula is C17H28N2O. The Hall–Kier alpha value is -1.06. The zero-order valence-electron chi connectivity index (χ0n) is 12.8. The molecule has 0 aliphatic carbocycles. The van der Waals surface area contributed by atoms with Crippen molar-refractivity contribution in [2.75, 3.05) is 26.7 Å². The van der Waals surface area contributed by atoms with E-state index in [1.807, 2.05) is 12.1 Å². The van der Waals surface area contributed by atoms with Crippen molar-refractivity contribution in [1.29, 1.82) is 0 Å². The quantitative estimate of drug-likeness (QED) is 0.868. The van der Waals surface area contributed by atoms with Crippen LogP contribution in [-0.4, -0.2) is 37.7 Å². The third kappa shape index (κ3) is 3.74. The number of nitrogens with zero attached hydrogens (tertiary/aromatic N) is 1. The Labute approximate surface area is 123 Å². The molecule has 1 saturated heterocycles.